The summed E-state index contributed by atoms with van der Waals surface area (Å²) >= 11 is 1.74. The average molecular weight is 342 g/mol. The Morgan fingerprint density at radius 1 is 1.30 bits per heavy atom. The fourth-order valence-electron chi connectivity index (χ4n) is 1.86. The third-order valence-electron chi connectivity index (χ3n) is 3.14. The van der Waals surface area contributed by atoms with E-state index >= 15 is 0 Å². The lowest BCUT2D eigenvalue weighted by Crippen LogP contribution is -2.42. The van der Waals surface area contributed by atoms with Crippen LogP contribution in [0.4, 0.5) is 4.79 Å². The fourth-order valence-corrected chi connectivity index (χ4v) is 2.78. The van der Waals surface area contributed by atoms with Crippen LogP contribution in [0.15, 0.2) is 6.20 Å². The van der Waals surface area contributed by atoms with Gasteiger partial charge >= 0.3 is 6.09 Å². The van der Waals surface area contributed by atoms with E-state index in [0.717, 1.165) is 18.0 Å². The minimum atomic E-state index is -0.467. The number of amides is 1. The van der Waals surface area contributed by atoms with Crippen LogP contribution >= 0.6 is 11.3 Å². The molecule has 0 radical (unpaired) electrons. The first-order valence-corrected chi connectivity index (χ1v) is 8.98. The third-order valence-corrected chi connectivity index (χ3v) is 4.57. The highest BCUT2D eigenvalue weighted by molar-refractivity contribution is 7.11. The Labute approximate surface area is 144 Å². The van der Waals surface area contributed by atoms with Gasteiger partial charge < -0.3 is 15.4 Å². The molecule has 1 rings (SSSR count). The first-order chi connectivity index (χ1) is 10.5. The van der Waals surface area contributed by atoms with Gasteiger partial charge in [0.05, 0.1) is 5.01 Å². The van der Waals surface area contributed by atoms with Crippen LogP contribution in [0.2, 0.25) is 0 Å². The molecule has 1 aromatic rings. The first kappa shape index (κ1) is 19.9. The highest BCUT2D eigenvalue weighted by Crippen LogP contribution is 2.26. The Hall–Kier alpha value is -1.14. The molecule has 2 N–H and O–H groups in total. The minimum absolute atomic E-state index is 0.0886. The van der Waals surface area contributed by atoms with Crippen molar-refractivity contribution < 1.29 is 9.53 Å². The summed E-state index contributed by atoms with van der Waals surface area (Å²) < 4.78 is 5.25. The number of carbonyl (C=O) groups excluding carboxylic acids is 1. The summed E-state index contributed by atoms with van der Waals surface area (Å²) in [5.41, 5.74) is -0.378. The molecule has 0 aliphatic rings. The normalized spacial score (nSPS) is 13.7. The van der Waals surface area contributed by atoms with E-state index in [1.165, 1.54) is 4.88 Å². The smallest absolute Gasteiger partial charge is 0.407 e. The van der Waals surface area contributed by atoms with Gasteiger partial charge in [-0.1, -0.05) is 27.7 Å². The van der Waals surface area contributed by atoms with E-state index in [2.05, 4.69) is 43.3 Å². The summed E-state index contributed by atoms with van der Waals surface area (Å²) in [4.78, 5) is 17.4. The monoisotopic (exact) mass is 341 g/mol. The predicted octanol–water partition coefficient (Wildman–Crippen LogP) is 3.83. The lowest BCUT2D eigenvalue weighted by molar-refractivity contribution is 0.0522. The third kappa shape index (κ3) is 7.79. The fraction of sp³-hybridized carbons (Fsp3) is 0.765. The Morgan fingerprint density at radius 3 is 2.43 bits per heavy atom. The molecule has 0 aromatic carbocycles. The number of carbonyl (C=O) groups is 1. The maximum absolute atomic E-state index is 11.7. The second kappa shape index (κ2) is 8.11. The largest absolute Gasteiger partial charge is 0.444 e. The van der Waals surface area contributed by atoms with Crippen LogP contribution in [0.1, 0.15) is 64.8 Å². The van der Waals surface area contributed by atoms with Crippen LogP contribution in [0.3, 0.4) is 0 Å². The van der Waals surface area contributed by atoms with Crippen molar-refractivity contribution in [1.29, 1.82) is 0 Å². The van der Waals surface area contributed by atoms with Crippen molar-refractivity contribution in [3.05, 3.63) is 16.1 Å². The molecule has 6 heteroatoms. The molecule has 1 atom stereocenters. The van der Waals surface area contributed by atoms with Crippen molar-refractivity contribution in [1.82, 2.24) is 15.6 Å². The number of hydrogen-bond donors (Lipinski definition) is 2. The zero-order valence-corrected chi connectivity index (χ0v) is 16.3. The van der Waals surface area contributed by atoms with Gasteiger partial charge in [-0.3, -0.25) is 0 Å². The summed E-state index contributed by atoms with van der Waals surface area (Å²) in [5.74, 6) is 0. The van der Waals surface area contributed by atoms with Crippen LogP contribution < -0.4 is 10.6 Å². The Kier molecular flexibility index (Phi) is 7.02. The average Bonchev–Trinajstić information content (AvgIpc) is 2.85. The Bertz CT molecular complexity index is 501. The highest BCUT2D eigenvalue weighted by atomic mass is 32.1. The van der Waals surface area contributed by atoms with Crippen LogP contribution in [-0.4, -0.2) is 29.3 Å². The van der Waals surface area contributed by atoms with E-state index in [0.29, 0.717) is 6.54 Å². The van der Waals surface area contributed by atoms with Gasteiger partial charge in [0.1, 0.15) is 5.60 Å². The van der Waals surface area contributed by atoms with E-state index in [1.807, 2.05) is 27.0 Å². The second-order valence-corrected chi connectivity index (χ2v) is 8.87. The molecule has 1 aromatic heterocycles. The maximum atomic E-state index is 11.7. The van der Waals surface area contributed by atoms with E-state index in [4.69, 9.17) is 4.74 Å². The number of rotatable bonds is 6. The van der Waals surface area contributed by atoms with E-state index < -0.39 is 5.60 Å². The summed E-state index contributed by atoms with van der Waals surface area (Å²) in [6.45, 7) is 15.5. The Morgan fingerprint density at radius 2 is 1.96 bits per heavy atom. The van der Waals surface area contributed by atoms with E-state index in [9.17, 15) is 4.79 Å². The Balaban J connectivity index is 2.42. The molecule has 132 valence electrons. The van der Waals surface area contributed by atoms with E-state index in [1.54, 1.807) is 11.3 Å². The van der Waals surface area contributed by atoms with Crippen molar-refractivity contribution in [2.75, 3.05) is 6.54 Å². The molecular formula is C17H31N3O2S. The predicted molar refractivity (Wildman–Crippen MR) is 96.0 cm³/mol. The molecular weight excluding hydrogens is 310 g/mol. The van der Waals surface area contributed by atoms with Crippen molar-refractivity contribution in [2.24, 2.45) is 0 Å². The van der Waals surface area contributed by atoms with Gasteiger partial charge in [-0.15, -0.1) is 11.3 Å². The van der Waals surface area contributed by atoms with Gasteiger partial charge in [-0.2, -0.15) is 0 Å². The molecule has 0 fully saturated rings. The van der Waals surface area contributed by atoms with Gasteiger partial charge in [0.15, 0.2) is 0 Å². The lowest BCUT2D eigenvalue weighted by atomic mass is 9.98. The van der Waals surface area contributed by atoms with Gasteiger partial charge in [0.25, 0.3) is 0 Å². The lowest BCUT2D eigenvalue weighted by Gasteiger charge is -2.22. The molecule has 1 unspecified atom stereocenters. The summed E-state index contributed by atoms with van der Waals surface area (Å²) in [6.07, 6.45) is 2.50. The number of nitrogens with one attached hydrogen (secondary N) is 2. The zero-order chi connectivity index (χ0) is 17.7. The first-order valence-electron chi connectivity index (χ1n) is 8.16. The van der Waals surface area contributed by atoms with Crippen LogP contribution in [-0.2, 0) is 16.7 Å². The number of ether oxygens (including phenoxy) is 1. The number of aromatic nitrogens is 1. The molecule has 1 heterocycles. The topological polar surface area (TPSA) is 63.2 Å². The standard InChI is InChI=1S/C17H31N3O2S/c1-8-12(9-20-15(21)22-17(5,6)7)18-10-13-11-19-14(23-13)16(2,3)4/h11-12,18H,8-10H2,1-7H3,(H,20,21). The van der Waals surface area contributed by atoms with Gasteiger partial charge in [-0.25, -0.2) is 9.78 Å². The molecule has 1 amide bonds. The van der Waals surface area contributed by atoms with Gasteiger partial charge in [0.2, 0.25) is 0 Å². The van der Waals surface area contributed by atoms with Gasteiger partial charge in [-0.05, 0) is 27.2 Å². The molecule has 5 nitrogen and oxygen atoms in total. The van der Waals surface area contributed by atoms with Crippen LogP contribution in [0.25, 0.3) is 0 Å². The highest BCUT2D eigenvalue weighted by Gasteiger charge is 2.19. The number of thiazole rings is 1. The minimum Gasteiger partial charge on any atom is -0.444 e. The number of alkyl carbamates (subject to hydrolysis) is 1. The molecule has 0 spiro atoms. The molecule has 0 aliphatic carbocycles. The number of nitrogens with zero attached hydrogens (tertiary/aromatic N) is 1. The van der Waals surface area contributed by atoms with Crippen molar-refractivity contribution in [3.63, 3.8) is 0 Å². The molecule has 0 saturated heterocycles. The van der Waals surface area contributed by atoms with Crippen LogP contribution in [0, 0.1) is 0 Å². The maximum Gasteiger partial charge on any atom is 0.407 e. The molecule has 23 heavy (non-hydrogen) atoms. The summed E-state index contributed by atoms with van der Waals surface area (Å²) in [7, 11) is 0. The zero-order valence-electron chi connectivity index (χ0n) is 15.4. The van der Waals surface area contributed by atoms with Gasteiger partial charge in [0, 0.05) is 35.6 Å². The SMILES string of the molecule is CCC(CNC(=O)OC(C)(C)C)NCc1cnc(C(C)(C)C)s1. The second-order valence-electron chi connectivity index (χ2n) is 7.75. The summed E-state index contributed by atoms with van der Waals surface area (Å²) in [5, 5.41) is 7.44. The molecule has 0 bridgehead atoms. The molecule has 0 saturated carbocycles. The van der Waals surface area contributed by atoms with Crippen molar-refractivity contribution >= 4 is 17.4 Å². The summed E-state index contributed by atoms with van der Waals surface area (Å²) in [6, 6.07) is 0.211. The number of hydrogen-bond acceptors (Lipinski definition) is 5. The van der Waals surface area contributed by atoms with E-state index in [-0.39, 0.29) is 17.6 Å². The molecule has 0 aliphatic heterocycles. The quantitative estimate of drug-likeness (QED) is 0.825. The van der Waals surface area contributed by atoms with Crippen molar-refractivity contribution in [2.45, 2.75) is 78.5 Å². The van der Waals surface area contributed by atoms with Crippen LogP contribution in [0.5, 0.6) is 0 Å². The van der Waals surface area contributed by atoms with Crippen molar-refractivity contribution in [3.8, 4) is 0 Å².